The number of hydrogen-bond acceptors (Lipinski definition) is 8. The van der Waals surface area contributed by atoms with Crippen molar-refractivity contribution in [3.8, 4) is 146 Å². The van der Waals surface area contributed by atoms with Crippen LogP contribution in [0.3, 0.4) is 0 Å². The largest absolute Gasteiger partial charge is 2.00 e. The van der Waals surface area contributed by atoms with E-state index in [1.807, 2.05) is 121 Å². The van der Waals surface area contributed by atoms with Gasteiger partial charge in [0.1, 0.15) is 11.3 Å². The Hall–Kier alpha value is -15.0. The minimum absolute atomic E-state index is 0. The maximum atomic E-state index is 5.44. The molecular formula is C128H96N12Ni4. The van der Waals surface area contributed by atoms with Crippen LogP contribution in [0.4, 0.5) is 0 Å². The molecule has 16 bridgehead atoms. The van der Waals surface area contributed by atoms with Gasteiger partial charge in [-0.25, -0.2) is 0 Å². The first kappa shape index (κ1) is 97.8. The summed E-state index contributed by atoms with van der Waals surface area (Å²) in [6.07, 6.45) is 3.62. The fourth-order valence-corrected chi connectivity index (χ4v) is 19.3. The Morgan fingerprint density at radius 2 is 0.576 bits per heavy atom. The van der Waals surface area contributed by atoms with Gasteiger partial charge in [-0.2, -0.15) is 48.5 Å². The third-order valence-corrected chi connectivity index (χ3v) is 26.7. The van der Waals surface area contributed by atoms with Crippen LogP contribution in [0.2, 0.25) is 0 Å². The quantitative estimate of drug-likeness (QED) is 0.117. The Labute approximate surface area is 879 Å². The summed E-state index contributed by atoms with van der Waals surface area (Å²) in [5.41, 5.74) is 37.6. The van der Waals surface area contributed by atoms with E-state index in [0.717, 1.165) is 212 Å². The van der Waals surface area contributed by atoms with E-state index in [0.29, 0.717) is 0 Å². The summed E-state index contributed by atoms with van der Waals surface area (Å²) in [4.78, 5) is 50.3. The van der Waals surface area contributed by atoms with Gasteiger partial charge in [0.15, 0.2) is 0 Å². The van der Waals surface area contributed by atoms with Crippen LogP contribution in [0.1, 0.15) is 105 Å². The fourth-order valence-electron chi connectivity index (χ4n) is 19.3. The van der Waals surface area contributed by atoms with Crippen LogP contribution < -0.4 is 9.97 Å². The smallest absolute Gasteiger partial charge is 0.656 e. The zero-order chi connectivity index (χ0) is 95.5. The molecule has 2 aliphatic rings. The van der Waals surface area contributed by atoms with E-state index < -0.39 is 0 Å². The van der Waals surface area contributed by atoms with Crippen LogP contribution in [-0.2, 0) is 87.6 Å². The van der Waals surface area contributed by atoms with E-state index in [2.05, 4.69) is 375 Å². The minimum atomic E-state index is -0.125. The molecule has 26 rings (SSSR count). The number of benzene rings is 12. The molecule has 14 heterocycles. The van der Waals surface area contributed by atoms with Crippen LogP contribution in [-0.4, -0.2) is 49.0 Å². The van der Waals surface area contributed by atoms with Gasteiger partial charge < -0.3 is 19.1 Å². The summed E-state index contributed by atoms with van der Waals surface area (Å²) in [6.45, 7) is 27.2. The van der Waals surface area contributed by atoms with Gasteiger partial charge >= 0.3 is 66.0 Å². The normalized spacial score (nSPS) is 11.8. The molecule has 0 spiro atoms. The number of para-hydroxylation sites is 5. The molecule has 0 aliphatic carbocycles. The number of rotatable bonds is 6. The fraction of sp³-hybridized carbons (Fsp3) is 0.125. The average molecular weight is 2040 g/mol. The van der Waals surface area contributed by atoms with Crippen LogP contribution in [0.15, 0.2) is 364 Å². The third kappa shape index (κ3) is 18.5. The summed E-state index contributed by atoms with van der Waals surface area (Å²) in [5.74, 6) is 0. The van der Waals surface area contributed by atoms with Crippen molar-refractivity contribution in [2.45, 2.75) is 105 Å². The molecule has 144 heavy (non-hydrogen) atoms. The molecule has 0 saturated carbocycles. The first-order valence-corrected chi connectivity index (χ1v) is 47.7. The Bertz CT molecular complexity index is 8740. The van der Waals surface area contributed by atoms with E-state index in [4.69, 9.17) is 39.9 Å². The second-order valence-electron chi connectivity index (χ2n) is 40.2. The Morgan fingerprint density at radius 1 is 0.229 bits per heavy atom. The van der Waals surface area contributed by atoms with Crippen LogP contribution in [0, 0.1) is 36.4 Å². The molecule has 12 aromatic carbocycles. The van der Waals surface area contributed by atoms with Crippen molar-refractivity contribution in [2.24, 2.45) is 0 Å². The molecule has 0 atom stereocenters. The molecule has 12 aromatic heterocycles. The molecule has 0 saturated heterocycles. The maximum absolute atomic E-state index is 5.44. The molecule has 12 nitrogen and oxygen atoms in total. The first-order valence-electron chi connectivity index (χ1n) is 47.7. The molecule has 0 amide bonds. The third-order valence-electron chi connectivity index (χ3n) is 26.7. The van der Waals surface area contributed by atoms with Crippen LogP contribution >= 0.6 is 0 Å². The monoisotopic (exact) mass is 2030 g/mol. The van der Waals surface area contributed by atoms with Gasteiger partial charge in [0.25, 0.3) is 0 Å². The summed E-state index contributed by atoms with van der Waals surface area (Å²) in [7, 11) is 0. The first-order chi connectivity index (χ1) is 67.9. The molecule has 0 fully saturated rings. The van der Waals surface area contributed by atoms with Crippen molar-refractivity contribution in [3.05, 3.63) is 423 Å². The second-order valence-corrected chi connectivity index (χ2v) is 40.2. The van der Waals surface area contributed by atoms with Gasteiger partial charge in [0.05, 0.1) is 33.8 Å². The number of pyridine rings is 8. The van der Waals surface area contributed by atoms with Crippen LogP contribution in [0.25, 0.3) is 234 Å². The summed E-state index contributed by atoms with van der Waals surface area (Å²) >= 11 is 0. The van der Waals surface area contributed by atoms with E-state index in [1.165, 1.54) is 43.8 Å². The molecule has 708 valence electrons. The van der Waals surface area contributed by atoms with Gasteiger partial charge in [0, 0.05) is 79.5 Å². The van der Waals surface area contributed by atoms with Gasteiger partial charge in [-0.05, 0) is 142 Å². The van der Waals surface area contributed by atoms with Crippen molar-refractivity contribution in [3.63, 3.8) is 0 Å². The molecule has 0 unspecified atom stereocenters. The van der Waals surface area contributed by atoms with Gasteiger partial charge in [0.2, 0.25) is 0 Å². The van der Waals surface area contributed by atoms with Crippen molar-refractivity contribution in [2.75, 3.05) is 0 Å². The number of fused-ring (bicyclic) bond motifs is 28. The summed E-state index contributed by atoms with van der Waals surface area (Å²) in [5, 5.41) is 9.29. The molecule has 24 aromatic rings. The number of hydrogen-bond donors (Lipinski definition) is 0. The Kier molecular flexibility index (Phi) is 26.7. The SMILES string of the molecule is CC(C)(C)c1cc2c3[n-]c4c(cc(C(C)(C)C)cc4c3c1)-c1cccc(n1)-c1[c-]c(ccc1)-c1cccc-2n1.CC(C)(C)c1ccc2c(c1)c1cc(C(C)(C)C)c(-c3[c-]c(-c4ccccn4)ccc3)nc1n2-c1[c-]cccc1.[Ni+2].[Ni+2].[Ni+2].[Ni+2].[c-]1c(-c2ccccn2)cccc1-c1ccc2c3ccccc3n(-c3[c-]cccc3)c2n1.[c-]1c2cccc1-c1cccc(n1)-c1cccc3c1[n-]c1c(cccc13)-c1cccc-2n1. The van der Waals surface area contributed by atoms with Crippen molar-refractivity contribution >= 4 is 87.5 Å². The van der Waals surface area contributed by atoms with E-state index >= 15 is 0 Å². The average Bonchev–Trinajstić information content (AvgIpc) is 1.57. The predicted octanol–water partition coefficient (Wildman–Crippen LogP) is 31.2. The molecular weight excluding hydrogens is 1940 g/mol. The van der Waals surface area contributed by atoms with E-state index in [9.17, 15) is 0 Å². The number of nitrogens with zero attached hydrogens (tertiary/aromatic N) is 12. The molecule has 0 radical (unpaired) electrons. The van der Waals surface area contributed by atoms with Crippen molar-refractivity contribution in [1.82, 2.24) is 59.0 Å². The predicted molar refractivity (Wildman–Crippen MR) is 574 cm³/mol. The Balaban J connectivity index is 0.000000121. The minimum Gasteiger partial charge on any atom is -0.656 e. The van der Waals surface area contributed by atoms with Gasteiger partial charge in [-0.3, -0.25) is 39.9 Å². The van der Waals surface area contributed by atoms with Crippen LogP contribution in [0.5, 0.6) is 0 Å². The summed E-state index contributed by atoms with van der Waals surface area (Å²) in [6, 6.07) is 142. The van der Waals surface area contributed by atoms with Crippen molar-refractivity contribution in [1.29, 1.82) is 0 Å². The topological polar surface area (TPSA) is 141 Å². The molecule has 16 heteroatoms. The molecule has 0 N–H and O–H groups in total. The Morgan fingerprint density at radius 3 is 1.00 bits per heavy atom. The standard InChI is InChI=1S/C36H31N3.C36H33N3.C28H15N3.C28H17N3.4Ni/c1-35(2,3)23-17-25-26-18-24(36(4,5)6)20-28-32-15-9-13-30(38-32)22-11-7-10-21(16-22)29-12-8-14-31(37-29)27(19-23)33(25)39-34(26)28;1-35(2,3)26-18-19-32-28(22-26)29-23-30(36(4,5)6)33(38-34(29)39(32)27-15-8-7-9-16-27)25-14-12-13-24(21-25)31-17-10-11-20-37-31;1-6-17-16-18(7-1)24-13-5-15-26(30-24)22-11-3-9-20-19-8-2-10-21(27(19)31-28(20)22)25-14-4-12-23(17)29-25;1-2-11-22(12-3-1)31-27-15-5-4-13-23(27)24-16-17-26(30-28(24)31)21-10-8-9-20(19-21)25-14-6-7-18-29-25;;;;/h7-15,17-20H,1-6H3;7-15,17-20,22-23H,1-6H3;1-15H;1-11,13-18H;;;;/q4*-2;4*+2. The summed E-state index contributed by atoms with van der Waals surface area (Å²) < 4.78 is 4.42. The van der Waals surface area contributed by atoms with E-state index in [1.54, 1.807) is 6.20 Å². The van der Waals surface area contributed by atoms with Gasteiger partial charge in [-0.15, -0.1) is 131 Å². The van der Waals surface area contributed by atoms with E-state index in [-0.39, 0.29) is 87.6 Å². The van der Waals surface area contributed by atoms with Gasteiger partial charge in [-0.1, -0.05) is 315 Å². The zero-order valence-electron chi connectivity index (χ0n) is 81.3. The zero-order valence-corrected chi connectivity index (χ0v) is 85.2. The maximum Gasteiger partial charge on any atom is 2.00 e. The number of aromatic nitrogens is 12. The molecule has 2 aliphatic heterocycles. The second kappa shape index (κ2) is 39.4. The van der Waals surface area contributed by atoms with Crippen molar-refractivity contribution < 1.29 is 66.0 Å².